The number of para-hydroxylation sites is 2. The largest absolute Gasteiger partial charge is 0.334 e. The van der Waals surface area contributed by atoms with Gasteiger partial charge in [-0.1, -0.05) is 67.6 Å². The quantitative estimate of drug-likeness (QED) is 0.317. The molecule has 0 atom stereocenters. The van der Waals surface area contributed by atoms with Gasteiger partial charge in [-0.05, 0) is 68.8 Å². The highest BCUT2D eigenvalue weighted by molar-refractivity contribution is 8.34. The van der Waals surface area contributed by atoms with Gasteiger partial charge in [-0.3, -0.25) is 0 Å². The molecular weight excluding hydrogens is 394 g/mol. The summed E-state index contributed by atoms with van der Waals surface area (Å²) in [5, 5.41) is 0. The number of hydrogen-bond acceptors (Lipinski definition) is 1. The minimum absolute atomic E-state index is 0.00514. The normalized spacial score (nSPS) is 15.6. The standard InChI is InChI=1S/C29H29NS/c1-4-29(2,3)30-25-19-11-13-21-27(25)31(23-15-7-5-8-16-23,24-17-9-6-10-18-24)28-22-14-12-20-26(28)30/h5-22H,4H2,1-3H3. The predicted molar refractivity (Wildman–Crippen MR) is 133 cm³/mol. The molecule has 0 unspecified atom stereocenters. The molecule has 0 saturated heterocycles. The van der Waals surface area contributed by atoms with Crippen molar-refractivity contribution in [3.63, 3.8) is 0 Å². The van der Waals surface area contributed by atoms with Gasteiger partial charge < -0.3 is 4.90 Å². The summed E-state index contributed by atoms with van der Waals surface area (Å²) >= 11 is 0. The second-order valence-corrected chi connectivity index (χ2v) is 11.7. The summed E-state index contributed by atoms with van der Waals surface area (Å²) in [6.07, 6.45) is 1.06. The Hall–Kier alpha value is -2.97. The van der Waals surface area contributed by atoms with Gasteiger partial charge in [-0.2, -0.15) is 0 Å². The van der Waals surface area contributed by atoms with Crippen LogP contribution in [0.3, 0.4) is 0 Å². The van der Waals surface area contributed by atoms with E-state index in [-0.39, 0.29) is 5.54 Å². The van der Waals surface area contributed by atoms with E-state index >= 15 is 0 Å². The summed E-state index contributed by atoms with van der Waals surface area (Å²) in [7, 11) is -1.62. The first-order valence-corrected chi connectivity index (χ1v) is 12.7. The Balaban J connectivity index is 1.97. The fourth-order valence-electron chi connectivity index (χ4n) is 4.75. The number of fused-ring (bicyclic) bond motifs is 2. The van der Waals surface area contributed by atoms with Crippen LogP contribution >= 0.6 is 10.0 Å². The third-order valence-electron chi connectivity index (χ3n) is 6.54. The lowest BCUT2D eigenvalue weighted by Gasteiger charge is -2.53. The average molecular weight is 424 g/mol. The predicted octanol–water partition coefficient (Wildman–Crippen LogP) is 8.67. The van der Waals surface area contributed by atoms with E-state index in [1.807, 2.05) is 0 Å². The second-order valence-electron chi connectivity index (χ2n) is 8.68. The van der Waals surface area contributed by atoms with Crippen molar-refractivity contribution in [2.45, 2.75) is 52.3 Å². The molecule has 0 aliphatic carbocycles. The zero-order valence-corrected chi connectivity index (χ0v) is 19.3. The highest BCUT2D eigenvalue weighted by Gasteiger charge is 2.44. The lowest BCUT2D eigenvalue weighted by atomic mass is 9.97. The van der Waals surface area contributed by atoms with Crippen LogP contribution in [-0.2, 0) is 0 Å². The number of hydrogen-bond donors (Lipinski definition) is 0. The fourth-order valence-corrected chi connectivity index (χ4v) is 8.92. The van der Waals surface area contributed by atoms with Crippen molar-refractivity contribution >= 4 is 21.4 Å². The van der Waals surface area contributed by atoms with Gasteiger partial charge in [0.05, 0.1) is 11.4 Å². The van der Waals surface area contributed by atoms with E-state index in [0.717, 1.165) is 6.42 Å². The summed E-state index contributed by atoms with van der Waals surface area (Å²) in [6, 6.07) is 40.4. The molecule has 2 heteroatoms. The van der Waals surface area contributed by atoms with Gasteiger partial charge in [0, 0.05) is 25.1 Å². The van der Waals surface area contributed by atoms with Crippen molar-refractivity contribution in [3.05, 3.63) is 109 Å². The average Bonchev–Trinajstić information content (AvgIpc) is 2.83. The van der Waals surface area contributed by atoms with Gasteiger partial charge >= 0.3 is 0 Å². The van der Waals surface area contributed by atoms with Crippen LogP contribution in [-0.4, -0.2) is 5.54 Å². The van der Waals surface area contributed by atoms with E-state index in [1.54, 1.807) is 0 Å². The molecule has 156 valence electrons. The van der Waals surface area contributed by atoms with Crippen LogP contribution < -0.4 is 4.90 Å². The van der Waals surface area contributed by atoms with Crippen LogP contribution in [0.25, 0.3) is 0 Å². The minimum atomic E-state index is -1.62. The van der Waals surface area contributed by atoms with E-state index in [9.17, 15) is 0 Å². The van der Waals surface area contributed by atoms with E-state index < -0.39 is 10.0 Å². The maximum Gasteiger partial charge on any atom is 0.0548 e. The van der Waals surface area contributed by atoms with Crippen molar-refractivity contribution in [2.75, 3.05) is 4.90 Å². The molecule has 0 saturated carbocycles. The Morgan fingerprint density at radius 2 is 0.968 bits per heavy atom. The van der Waals surface area contributed by atoms with E-state index in [1.165, 1.54) is 31.0 Å². The van der Waals surface area contributed by atoms with E-state index in [2.05, 4.69) is 135 Å². The molecule has 0 spiro atoms. The lowest BCUT2D eigenvalue weighted by Crippen LogP contribution is -2.42. The molecule has 1 heterocycles. The van der Waals surface area contributed by atoms with E-state index in [4.69, 9.17) is 0 Å². The molecule has 0 N–H and O–H groups in total. The molecule has 4 aromatic rings. The van der Waals surface area contributed by atoms with Crippen molar-refractivity contribution in [1.29, 1.82) is 0 Å². The summed E-state index contributed by atoms with van der Waals surface area (Å²) < 4.78 is 0. The smallest absolute Gasteiger partial charge is 0.0548 e. The fraction of sp³-hybridized carbons (Fsp3) is 0.172. The van der Waals surface area contributed by atoms with Crippen LogP contribution in [0.15, 0.2) is 129 Å². The van der Waals surface area contributed by atoms with Crippen molar-refractivity contribution in [3.8, 4) is 0 Å². The van der Waals surface area contributed by atoms with Gasteiger partial charge in [0.1, 0.15) is 0 Å². The van der Waals surface area contributed by atoms with Crippen LogP contribution in [0.2, 0.25) is 0 Å². The molecule has 5 rings (SSSR count). The van der Waals surface area contributed by atoms with Crippen LogP contribution in [0.5, 0.6) is 0 Å². The highest BCUT2D eigenvalue weighted by Crippen LogP contribution is 2.79. The van der Waals surface area contributed by atoms with Gasteiger partial charge in [0.2, 0.25) is 0 Å². The van der Waals surface area contributed by atoms with Crippen molar-refractivity contribution < 1.29 is 0 Å². The molecule has 0 fully saturated rings. The second kappa shape index (κ2) is 7.62. The van der Waals surface area contributed by atoms with Crippen molar-refractivity contribution in [1.82, 2.24) is 0 Å². The Bertz CT molecular complexity index is 1110. The SMILES string of the molecule is CCC(C)(C)N1c2ccccc2S(c2ccccc2)(c2ccccc2)c2ccccc21. The topological polar surface area (TPSA) is 3.24 Å². The summed E-state index contributed by atoms with van der Waals surface area (Å²) in [5.74, 6) is 0. The third kappa shape index (κ3) is 2.93. The number of benzene rings is 4. The molecular formula is C29H29NS. The molecule has 0 bridgehead atoms. The molecule has 1 aliphatic heterocycles. The zero-order chi connectivity index (χ0) is 21.5. The van der Waals surface area contributed by atoms with Crippen LogP contribution in [0.4, 0.5) is 11.4 Å². The highest BCUT2D eigenvalue weighted by atomic mass is 32.3. The molecule has 0 amide bonds. The first-order chi connectivity index (χ1) is 15.1. The third-order valence-corrected chi connectivity index (χ3v) is 10.5. The summed E-state index contributed by atoms with van der Waals surface area (Å²) in [5.41, 5.74) is 2.66. The van der Waals surface area contributed by atoms with Gasteiger partial charge in [0.25, 0.3) is 0 Å². The molecule has 1 nitrogen and oxygen atoms in total. The maximum absolute atomic E-state index is 2.58. The van der Waals surface area contributed by atoms with Crippen LogP contribution in [0.1, 0.15) is 27.2 Å². The molecule has 1 aliphatic rings. The minimum Gasteiger partial charge on any atom is -0.334 e. The van der Waals surface area contributed by atoms with Crippen molar-refractivity contribution in [2.24, 2.45) is 0 Å². The molecule has 31 heavy (non-hydrogen) atoms. The summed E-state index contributed by atoms with van der Waals surface area (Å²) in [4.78, 5) is 8.19. The molecule has 4 aromatic carbocycles. The maximum atomic E-state index is 2.58. The Labute approximate surface area is 187 Å². The number of nitrogens with zero attached hydrogens (tertiary/aromatic N) is 1. The Morgan fingerprint density at radius 1 is 0.581 bits per heavy atom. The number of anilines is 2. The lowest BCUT2D eigenvalue weighted by molar-refractivity contribution is 0.483. The van der Waals surface area contributed by atoms with Gasteiger partial charge in [-0.25, -0.2) is 0 Å². The number of rotatable bonds is 4. The Kier molecular flexibility index (Phi) is 4.91. The summed E-state index contributed by atoms with van der Waals surface area (Å²) in [6.45, 7) is 7.00. The molecule has 0 radical (unpaired) electrons. The van der Waals surface area contributed by atoms with Gasteiger partial charge in [-0.15, -0.1) is 10.0 Å². The first kappa shape index (κ1) is 20.0. The van der Waals surface area contributed by atoms with Gasteiger partial charge in [0.15, 0.2) is 0 Å². The first-order valence-electron chi connectivity index (χ1n) is 11.0. The zero-order valence-electron chi connectivity index (χ0n) is 18.5. The van der Waals surface area contributed by atoms with E-state index in [0.29, 0.717) is 0 Å². The Morgan fingerprint density at radius 3 is 1.39 bits per heavy atom. The van der Waals surface area contributed by atoms with Crippen LogP contribution in [0, 0.1) is 0 Å². The molecule has 0 aromatic heterocycles. The monoisotopic (exact) mass is 423 g/mol.